The minimum atomic E-state index is -0.262. The number of nitrogens with zero attached hydrogens (tertiary/aromatic N) is 3. The Hall–Kier alpha value is -2.73. The predicted octanol–water partition coefficient (Wildman–Crippen LogP) is 3.68. The van der Waals surface area contributed by atoms with Crippen molar-refractivity contribution in [1.29, 1.82) is 0 Å². The number of anilines is 1. The number of aryl methyl sites for hydroxylation is 1. The fourth-order valence-electron chi connectivity index (χ4n) is 3.79. The lowest BCUT2D eigenvalue weighted by Crippen LogP contribution is -2.30. The molecule has 3 aromatic rings. The van der Waals surface area contributed by atoms with E-state index in [0.29, 0.717) is 23.5 Å². The number of fused-ring (bicyclic) bond motifs is 1. The summed E-state index contributed by atoms with van der Waals surface area (Å²) >= 11 is 0. The number of phenolic OH excluding ortho intramolecular Hbond substituents is 1. The number of phenols is 1. The lowest BCUT2D eigenvalue weighted by atomic mass is 9.93. The third-order valence-corrected chi connectivity index (χ3v) is 5.29. The van der Waals surface area contributed by atoms with E-state index >= 15 is 0 Å². The van der Waals surface area contributed by atoms with Gasteiger partial charge in [0.15, 0.2) is 5.82 Å². The average molecular weight is 364 g/mol. The second-order valence-electron chi connectivity index (χ2n) is 7.19. The zero-order valence-electron chi connectivity index (χ0n) is 15.4. The molecule has 2 heterocycles. The first kappa shape index (κ1) is 17.7. The molecule has 27 heavy (non-hydrogen) atoms. The van der Waals surface area contributed by atoms with Gasteiger partial charge in [0.05, 0.1) is 6.10 Å². The van der Waals surface area contributed by atoms with Gasteiger partial charge in [-0.2, -0.15) is 0 Å². The van der Waals surface area contributed by atoms with E-state index in [2.05, 4.69) is 27.4 Å². The molecule has 0 bridgehead atoms. The van der Waals surface area contributed by atoms with E-state index in [1.807, 2.05) is 18.2 Å². The van der Waals surface area contributed by atoms with Crippen LogP contribution in [0, 0.1) is 0 Å². The number of hydrogen-bond acceptors (Lipinski definition) is 6. The summed E-state index contributed by atoms with van der Waals surface area (Å²) in [6.07, 6.45) is 7.66. The SMILES string of the molecule is CCc1ccc(-c2nnc(N[C@H]3CCC[C@@H](O)C3)c3cnccc23)c(O)c1. The molecule has 6 heteroatoms. The lowest BCUT2D eigenvalue weighted by molar-refractivity contribution is 0.124. The van der Waals surface area contributed by atoms with Crippen LogP contribution < -0.4 is 5.32 Å². The highest BCUT2D eigenvalue weighted by atomic mass is 16.3. The van der Waals surface area contributed by atoms with Crippen LogP contribution in [0.1, 0.15) is 38.2 Å². The van der Waals surface area contributed by atoms with E-state index in [1.54, 1.807) is 18.5 Å². The highest BCUT2D eigenvalue weighted by molar-refractivity contribution is 6.00. The highest BCUT2D eigenvalue weighted by Gasteiger charge is 2.22. The summed E-state index contributed by atoms with van der Waals surface area (Å²) in [7, 11) is 0. The van der Waals surface area contributed by atoms with E-state index in [1.165, 1.54) is 0 Å². The smallest absolute Gasteiger partial charge is 0.158 e. The van der Waals surface area contributed by atoms with Crippen molar-refractivity contribution in [2.45, 2.75) is 51.2 Å². The second-order valence-corrected chi connectivity index (χ2v) is 7.19. The number of nitrogens with one attached hydrogen (secondary N) is 1. The van der Waals surface area contributed by atoms with Crippen LogP contribution in [0.3, 0.4) is 0 Å². The fourth-order valence-corrected chi connectivity index (χ4v) is 3.79. The molecule has 3 N–H and O–H groups in total. The van der Waals surface area contributed by atoms with E-state index in [9.17, 15) is 10.2 Å². The molecule has 6 nitrogen and oxygen atoms in total. The maximum atomic E-state index is 10.5. The number of aliphatic hydroxyl groups excluding tert-OH is 1. The van der Waals surface area contributed by atoms with Crippen LogP contribution in [0.15, 0.2) is 36.7 Å². The zero-order valence-corrected chi connectivity index (χ0v) is 15.4. The van der Waals surface area contributed by atoms with Crippen LogP contribution in [0.4, 0.5) is 5.82 Å². The zero-order chi connectivity index (χ0) is 18.8. The maximum absolute atomic E-state index is 10.5. The van der Waals surface area contributed by atoms with Crippen molar-refractivity contribution in [2.75, 3.05) is 5.32 Å². The minimum Gasteiger partial charge on any atom is -0.507 e. The summed E-state index contributed by atoms with van der Waals surface area (Å²) in [6.45, 7) is 2.05. The first-order chi connectivity index (χ1) is 13.2. The lowest BCUT2D eigenvalue weighted by Gasteiger charge is -2.27. The predicted molar refractivity (Wildman–Crippen MR) is 106 cm³/mol. The molecule has 140 valence electrons. The molecule has 2 atom stereocenters. The van der Waals surface area contributed by atoms with Crippen LogP contribution >= 0.6 is 0 Å². The first-order valence-corrected chi connectivity index (χ1v) is 9.53. The fraction of sp³-hybridized carbons (Fsp3) is 0.381. The molecule has 0 aliphatic heterocycles. The topological polar surface area (TPSA) is 91.2 Å². The van der Waals surface area contributed by atoms with Crippen LogP contribution in [-0.2, 0) is 6.42 Å². The summed E-state index contributed by atoms with van der Waals surface area (Å²) < 4.78 is 0. The van der Waals surface area contributed by atoms with E-state index < -0.39 is 0 Å². The molecule has 0 amide bonds. The van der Waals surface area contributed by atoms with Crippen LogP contribution in [0.25, 0.3) is 22.0 Å². The van der Waals surface area contributed by atoms with Gasteiger partial charge in [0.2, 0.25) is 0 Å². The highest BCUT2D eigenvalue weighted by Crippen LogP contribution is 2.35. The average Bonchev–Trinajstić information content (AvgIpc) is 2.68. The molecule has 1 aromatic carbocycles. The van der Waals surface area contributed by atoms with Crippen molar-refractivity contribution in [3.8, 4) is 17.0 Å². The number of hydrogen-bond donors (Lipinski definition) is 3. The standard InChI is InChI=1S/C21H24N4O2/c1-2-13-6-7-17(19(27)10-13)20-16-8-9-22-12-18(16)21(25-24-20)23-14-4-3-5-15(26)11-14/h6-10,12,14-15,26-27H,2-5,11H2,1H3,(H,23,25)/t14-,15+/m0/s1. The summed E-state index contributed by atoms with van der Waals surface area (Å²) in [5.41, 5.74) is 2.38. The number of aliphatic hydroxyl groups is 1. The van der Waals surface area contributed by atoms with Gasteiger partial charge >= 0.3 is 0 Å². The molecule has 1 aliphatic carbocycles. The van der Waals surface area contributed by atoms with Gasteiger partial charge < -0.3 is 15.5 Å². The normalized spacial score (nSPS) is 19.9. The molecule has 4 rings (SSSR count). The molecule has 0 radical (unpaired) electrons. The maximum Gasteiger partial charge on any atom is 0.158 e. The van der Waals surface area contributed by atoms with E-state index in [-0.39, 0.29) is 17.9 Å². The van der Waals surface area contributed by atoms with Gasteiger partial charge in [0, 0.05) is 34.8 Å². The Morgan fingerprint density at radius 2 is 2.04 bits per heavy atom. The molecular formula is C21H24N4O2. The van der Waals surface area contributed by atoms with Gasteiger partial charge in [-0.15, -0.1) is 10.2 Å². The van der Waals surface area contributed by atoms with Crippen LogP contribution in [0.2, 0.25) is 0 Å². The Morgan fingerprint density at radius 3 is 2.81 bits per heavy atom. The van der Waals surface area contributed by atoms with Crippen LogP contribution in [0.5, 0.6) is 5.75 Å². The molecule has 0 spiro atoms. The Kier molecular flexibility index (Phi) is 4.90. The van der Waals surface area contributed by atoms with Crippen LogP contribution in [-0.4, -0.2) is 37.5 Å². The van der Waals surface area contributed by atoms with Crippen molar-refractivity contribution in [2.24, 2.45) is 0 Å². The van der Waals surface area contributed by atoms with Crippen molar-refractivity contribution >= 4 is 16.6 Å². The third-order valence-electron chi connectivity index (χ3n) is 5.29. The van der Waals surface area contributed by atoms with E-state index in [0.717, 1.165) is 42.0 Å². The largest absolute Gasteiger partial charge is 0.507 e. The summed E-state index contributed by atoms with van der Waals surface area (Å²) in [4.78, 5) is 4.25. The molecule has 0 unspecified atom stereocenters. The van der Waals surface area contributed by atoms with Gasteiger partial charge in [-0.05, 0) is 55.9 Å². The van der Waals surface area contributed by atoms with Gasteiger partial charge in [0.25, 0.3) is 0 Å². The molecular weight excluding hydrogens is 340 g/mol. The summed E-state index contributed by atoms with van der Waals surface area (Å²) in [6, 6.07) is 7.74. The Bertz CT molecular complexity index is 960. The minimum absolute atomic E-state index is 0.176. The molecule has 1 aliphatic rings. The van der Waals surface area contributed by atoms with Gasteiger partial charge in [0.1, 0.15) is 11.4 Å². The summed E-state index contributed by atoms with van der Waals surface area (Å²) in [5, 5.41) is 34.4. The number of aromatic hydroxyl groups is 1. The Morgan fingerprint density at radius 1 is 1.15 bits per heavy atom. The van der Waals surface area contributed by atoms with Gasteiger partial charge in [-0.3, -0.25) is 4.98 Å². The van der Waals surface area contributed by atoms with Gasteiger partial charge in [-0.1, -0.05) is 13.0 Å². The van der Waals surface area contributed by atoms with Crippen molar-refractivity contribution in [3.63, 3.8) is 0 Å². The van der Waals surface area contributed by atoms with Crippen molar-refractivity contribution in [3.05, 3.63) is 42.2 Å². The monoisotopic (exact) mass is 364 g/mol. The molecule has 1 fully saturated rings. The number of benzene rings is 1. The first-order valence-electron chi connectivity index (χ1n) is 9.53. The van der Waals surface area contributed by atoms with Gasteiger partial charge in [-0.25, -0.2) is 0 Å². The second kappa shape index (κ2) is 7.48. The summed E-state index contributed by atoms with van der Waals surface area (Å²) in [5.74, 6) is 0.878. The molecule has 2 aromatic heterocycles. The molecule has 0 saturated heterocycles. The van der Waals surface area contributed by atoms with Crippen molar-refractivity contribution in [1.82, 2.24) is 15.2 Å². The Labute approximate surface area is 158 Å². The Balaban J connectivity index is 1.74. The van der Waals surface area contributed by atoms with E-state index in [4.69, 9.17) is 0 Å². The van der Waals surface area contributed by atoms with Crippen molar-refractivity contribution < 1.29 is 10.2 Å². The number of rotatable bonds is 4. The quantitative estimate of drug-likeness (QED) is 0.654. The number of pyridine rings is 1. The third kappa shape index (κ3) is 3.57. The number of aromatic nitrogens is 3. The molecule has 1 saturated carbocycles.